The first-order valence-corrected chi connectivity index (χ1v) is 8.41. The molecule has 0 spiro atoms. The third-order valence-corrected chi connectivity index (χ3v) is 4.40. The van der Waals surface area contributed by atoms with Crippen molar-refractivity contribution >= 4 is 0 Å². The van der Waals surface area contributed by atoms with Gasteiger partial charge in [0.2, 0.25) is 0 Å². The zero-order valence-corrected chi connectivity index (χ0v) is 14.3. The van der Waals surface area contributed by atoms with Crippen molar-refractivity contribution < 1.29 is 0 Å². The second kappa shape index (κ2) is 9.77. The van der Waals surface area contributed by atoms with Crippen LogP contribution in [-0.4, -0.2) is 29.6 Å². The predicted octanol–water partition coefficient (Wildman–Crippen LogP) is 4.43. The highest BCUT2D eigenvalue weighted by atomic mass is 15.2. The lowest BCUT2D eigenvalue weighted by Crippen LogP contribution is -2.56. The van der Waals surface area contributed by atoms with Gasteiger partial charge in [0.15, 0.2) is 0 Å². The molecular formula is C17H38N2. The highest BCUT2D eigenvalue weighted by Crippen LogP contribution is 2.27. The first kappa shape index (κ1) is 18.9. The van der Waals surface area contributed by atoms with Crippen molar-refractivity contribution in [3.63, 3.8) is 0 Å². The van der Waals surface area contributed by atoms with Crippen molar-refractivity contribution in [2.24, 2.45) is 11.7 Å². The minimum Gasteiger partial charge on any atom is -0.329 e. The summed E-state index contributed by atoms with van der Waals surface area (Å²) in [5, 5.41) is 0. The van der Waals surface area contributed by atoms with Gasteiger partial charge >= 0.3 is 0 Å². The second-order valence-corrected chi connectivity index (χ2v) is 6.67. The number of hydrogen-bond acceptors (Lipinski definition) is 2. The van der Waals surface area contributed by atoms with Crippen molar-refractivity contribution in [1.29, 1.82) is 0 Å². The first-order valence-electron chi connectivity index (χ1n) is 8.41. The molecule has 0 saturated heterocycles. The Balaban J connectivity index is 4.91. The number of rotatable bonds is 11. The maximum atomic E-state index is 6.17. The maximum Gasteiger partial charge on any atom is 0.0306 e. The second-order valence-electron chi connectivity index (χ2n) is 6.67. The minimum absolute atomic E-state index is 0.177. The molecule has 1 unspecified atom stereocenters. The standard InChI is InChI=1S/C17H38N2/c1-7-10-11-12-17(6,14-18)19(13-15(4)5)16(8-2)9-3/h15-16H,7-14,18H2,1-6H3. The van der Waals surface area contributed by atoms with Crippen LogP contribution in [0.3, 0.4) is 0 Å². The van der Waals surface area contributed by atoms with E-state index in [4.69, 9.17) is 5.73 Å². The van der Waals surface area contributed by atoms with Crippen molar-refractivity contribution in [1.82, 2.24) is 4.90 Å². The van der Waals surface area contributed by atoms with Gasteiger partial charge in [0.25, 0.3) is 0 Å². The fourth-order valence-corrected chi connectivity index (χ4v) is 3.05. The SMILES string of the molecule is CCCCCC(C)(CN)N(CC(C)C)C(CC)CC. The van der Waals surface area contributed by atoms with Gasteiger partial charge in [-0.15, -0.1) is 0 Å². The van der Waals surface area contributed by atoms with E-state index in [1.807, 2.05) is 0 Å². The summed E-state index contributed by atoms with van der Waals surface area (Å²) >= 11 is 0. The Morgan fingerprint density at radius 3 is 2.00 bits per heavy atom. The van der Waals surface area contributed by atoms with Crippen LogP contribution in [0.5, 0.6) is 0 Å². The Kier molecular flexibility index (Phi) is 9.72. The normalized spacial score (nSPS) is 15.5. The molecule has 2 heteroatoms. The third-order valence-electron chi connectivity index (χ3n) is 4.40. The van der Waals surface area contributed by atoms with Crippen LogP contribution in [-0.2, 0) is 0 Å². The molecule has 0 aliphatic rings. The van der Waals surface area contributed by atoms with E-state index < -0.39 is 0 Å². The molecule has 116 valence electrons. The number of nitrogens with zero attached hydrogens (tertiary/aromatic N) is 1. The van der Waals surface area contributed by atoms with Gasteiger partial charge in [-0.1, -0.05) is 53.9 Å². The van der Waals surface area contributed by atoms with Gasteiger partial charge in [-0.05, 0) is 32.1 Å². The molecule has 19 heavy (non-hydrogen) atoms. The Hall–Kier alpha value is -0.0800. The molecule has 2 N–H and O–H groups in total. The van der Waals surface area contributed by atoms with Crippen LogP contribution in [0.15, 0.2) is 0 Å². The van der Waals surface area contributed by atoms with Gasteiger partial charge < -0.3 is 5.73 Å². The van der Waals surface area contributed by atoms with Crippen molar-refractivity contribution in [3.8, 4) is 0 Å². The van der Waals surface area contributed by atoms with E-state index in [1.165, 1.54) is 45.1 Å². The van der Waals surface area contributed by atoms with Crippen LogP contribution in [0.1, 0.15) is 80.1 Å². The average Bonchev–Trinajstić information content (AvgIpc) is 2.38. The van der Waals surface area contributed by atoms with Crippen LogP contribution in [0.2, 0.25) is 0 Å². The highest BCUT2D eigenvalue weighted by molar-refractivity contribution is 4.91. The molecule has 0 aliphatic heterocycles. The lowest BCUT2D eigenvalue weighted by molar-refractivity contribution is 0.0361. The number of unbranched alkanes of at least 4 members (excludes halogenated alkanes) is 2. The molecule has 0 aromatic carbocycles. The van der Waals surface area contributed by atoms with Crippen LogP contribution in [0, 0.1) is 5.92 Å². The molecule has 0 amide bonds. The average molecular weight is 271 g/mol. The smallest absolute Gasteiger partial charge is 0.0306 e. The summed E-state index contributed by atoms with van der Waals surface area (Å²) in [6, 6.07) is 0.678. The van der Waals surface area contributed by atoms with Crippen LogP contribution >= 0.6 is 0 Å². The Bertz CT molecular complexity index is 211. The molecule has 0 heterocycles. The molecule has 0 rings (SSSR count). The molecule has 0 aromatic heterocycles. The molecule has 0 aliphatic carbocycles. The van der Waals surface area contributed by atoms with Crippen LogP contribution in [0.25, 0.3) is 0 Å². The van der Waals surface area contributed by atoms with Crippen LogP contribution in [0.4, 0.5) is 0 Å². The van der Waals surface area contributed by atoms with Crippen LogP contribution < -0.4 is 5.73 Å². The van der Waals surface area contributed by atoms with Gasteiger partial charge in [0, 0.05) is 24.7 Å². The Morgan fingerprint density at radius 1 is 1.05 bits per heavy atom. The molecule has 1 atom stereocenters. The summed E-state index contributed by atoms with van der Waals surface area (Å²) in [7, 11) is 0. The number of hydrogen-bond donors (Lipinski definition) is 1. The molecular weight excluding hydrogens is 232 g/mol. The molecule has 0 saturated carbocycles. The zero-order valence-electron chi connectivity index (χ0n) is 14.3. The lowest BCUT2D eigenvalue weighted by atomic mass is 9.88. The van der Waals surface area contributed by atoms with E-state index in [-0.39, 0.29) is 5.54 Å². The van der Waals surface area contributed by atoms with Crippen molar-refractivity contribution in [2.45, 2.75) is 91.6 Å². The quantitative estimate of drug-likeness (QED) is 0.563. The summed E-state index contributed by atoms with van der Waals surface area (Å²) in [6.07, 6.45) is 7.61. The van der Waals surface area contributed by atoms with E-state index in [9.17, 15) is 0 Å². The van der Waals surface area contributed by atoms with E-state index in [2.05, 4.69) is 46.4 Å². The predicted molar refractivity (Wildman–Crippen MR) is 87.5 cm³/mol. The summed E-state index contributed by atoms with van der Waals surface area (Å²) in [4.78, 5) is 2.72. The topological polar surface area (TPSA) is 29.3 Å². The van der Waals surface area contributed by atoms with Gasteiger partial charge in [-0.3, -0.25) is 4.90 Å². The van der Waals surface area contributed by atoms with Gasteiger partial charge in [-0.2, -0.15) is 0 Å². The lowest BCUT2D eigenvalue weighted by Gasteiger charge is -2.46. The number of nitrogens with two attached hydrogens (primary N) is 1. The molecule has 0 fully saturated rings. The largest absolute Gasteiger partial charge is 0.329 e. The van der Waals surface area contributed by atoms with E-state index >= 15 is 0 Å². The molecule has 0 bridgehead atoms. The maximum absolute atomic E-state index is 6.17. The molecule has 0 radical (unpaired) electrons. The van der Waals surface area contributed by atoms with Gasteiger partial charge in [0.05, 0.1) is 0 Å². The Labute approximate surface area is 122 Å². The minimum atomic E-state index is 0.177. The first-order chi connectivity index (χ1) is 8.95. The van der Waals surface area contributed by atoms with Gasteiger partial charge in [-0.25, -0.2) is 0 Å². The van der Waals surface area contributed by atoms with Crippen molar-refractivity contribution in [3.05, 3.63) is 0 Å². The zero-order chi connectivity index (χ0) is 14.9. The summed E-state index contributed by atoms with van der Waals surface area (Å²) < 4.78 is 0. The molecule has 2 nitrogen and oxygen atoms in total. The third kappa shape index (κ3) is 6.27. The van der Waals surface area contributed by atoms with E-state index in [0.29, 0.717) is 12.0 Å². The summed E-state index contributed by atoms with van der Waals surface area (Å²) in [5.74, 6) is 0.706. The fraction of sp³-hybridized carbons (Fsp3) is 1.00. The monoisotopic (exact) mass is 270 g/mol. The Morgan fingerprint density at radius 2 is 1.63 bits per heavy atom. The molecule has 0 aromatic rings. The summed E-state index contributed by atoms with van der Waals surface area (Å²) in [5.41, 5.74) is 6.35. The van der Waals surface area contributed by atoms with Crippen molar-refractivity contribution in [2.75, 3.05) is 13.1 Å². The fourth-order valence-electron chi connectivity index (χ4n) is 3.05. The highest BCUT2D eigenvalue weighted by Gasteiger charge is 2.33. The van der Waals surface area contributed by atoms with Gasteiger partial charge in [0.1, 0.15) is 0 Å². The van der Waals surface area contributed by atoms with E-state index in [0.717, 1.165) is 6.54 Å². The summed E-state index contributed by atoms with van der Waals surface area (Å²) in [6.45, 7) is 15.9. The van der Waals surface area contributed by atoms with E-state index in [1.54, 1.807) is 0 Å².